The molecule has 138 valence electrons. The highest BCUT2D eigenvalue weighted by molar-refractivity contribution is 14.0. The van der Waals surface area contributed by atoms with Gasteiger partial charge in [-0.2, -0.15) is 13.2 Å². The van der Waals surface area contributed by atoms with E-state index in [4.69, 9.17) is 16.3 Å². The molecule has 0 aliphatic heterocycles. The molecule has 0 aliphatic rings. The average Bonchev–Trinajstić information content (AvgIpc) is 2.43. The van der Waals surface area contributed by atoms with Crippen LogP contribution < -0.4 is 15.4 Å². The number of aliphatic imine (C=N–C) groups is 1. The Kier molecular flexibility index (Phi) is 11.2. The molecule has 4 nitrogen and oxygen atoms in total. The summed E-state index contributed by atoms with van der Waals surface area (Å²) in [6.45, 7) is 4.30. The molecule has 0 amide bonds. The lowest BCUT2D eigenvalue weighted by molar-refractivity contribution is -0.132. The Balaban J connectivity index is 0.00000529. The average molecular weight is 480 g/mol. The number of nitrogens with one attached hydrogen (secondary N) is 2. The van der Waals surface area contributed by atoms with E-state index in [1.807, 2.05) is 13.8 Å². The van der Waals surface area contributed by atoms with Gasteiger partial charge in [0.25, 0.3) is 0 Å². The van der Waals surface area contributed by atoms with E-state index >= 15 is 0 Å². The van der Waals surface area contributed by atoms with Gasteiger partial charge in [0.2, 0.25) is 0 Å². The zero-order valence-corrected chi connectivity index (χ0v) is 16.6. The van der Waals surface area contributed by atoms with Gasteiger partial charge >= 0.3 is 6.18 Å². The largest absolute Gasteiger partial charge is 0.489 e. The number of halogens is 5. The Morgan fingerprint density at radius 3 is 2.62 bits per heavy atom. The fraction of sp³-hybridized carbons (Fsp3) is 0.533. The van der Waals surface area contributed by atoms with Crippen molar-refractivity contribution in [2.75, 3.05) is 19.6 Å². The van der Waals surface area contributed by atoms with Crippen molar-refractivity contribution in [3.63, 3.8) is 0 Å². The van der Waals surface area contributed by atoms with E-state index in [0.717, 1.165) is 0 Å². The molecule has 1 atom stereocenters. The summed E-state index contributed by atoms with van der Waals surface area (Å²) in [5, 5.41) is 6.11. The maximum absolute atomic E-state index is 12.1. The first kappa shape index (κ1) is 23.1. The summed E-state index contributed by atoms with van der Waals surface area (Å²) in [5.41, 5.74) is 0. The SMILES string of the molecule is CCNC(=NCC(C)Oc1cccc(Cl)c1)NCCC(F)(F)F.I. The van der Waals surface area contributed by atoms with Gasteiger partial charge in [0.1, 0.15) is 11.9 Å². The first-order chi connectivity index (χ1) is 10.8. The molecule has 0 radical (unpaired) electrons. The summed E-state index contributed by atoms with van der Waals surface area (Å²) in [6.07, 6.45) is -5.34. The molecule has 0 aromatic heterocycles. The topological polar surface area (TPSA) is 45.7 Å². The number of alkyl halides is 3. The summed E-state index contributed by atoms with van der Waals surface area (Å²) in [5.74, 6) is 0.952. The Bertz CT molecular complexity index is 515. The van der Waals surface area contributed by atoms with E-state index in [2.05, 4.69) is 15.6 Å². The third-order valence-corrected chi connectivity index (χ3v) is 2.92. The molecule has 1 aromatic rings. The number of hydrogen-bond donors (Lipinski definition) is 2. The number of rotatable bonds is 7. The van der Waals surface area contributed by atoms with E-state index in [9.17, 15) is 13.2 Å². The predicted molar refractivity (Wildman–Crippen MR) is 102 cm³/mol. The zero-order chi connectivity index (χ0) is 17.3. The molecule has 9 heteroatoms. The molecule has 0 fully saturated rings. The van der Waals surface area contributed by atoms with E-state index in [-0.39, 0.29) is 36.6 Å². The van der Waals surface area contributed by atoms with Crippen LogP contribution in [0.15, 0.2) is 29.3 Å². The van der Waals surface area contributed by atoms with Gasteiger partial charge in [-0.15, -0.1) is 24.0 Å². The predicted octanol–water partition coefficient (Wildman–Crippen LogP) is 4.23. The zero-order valence-electron chi connectivity index (χ0n) is 13.5. The van der Waals surface area contributed by atoms with Crippen molar-refractivity contribution in [3.8, 4) is 5.75 Å². The molecule has 0 spiro atoms. The second-order valence-corrected chi connectivity index (χ2v) is 5.33. The third-order valence-electron chi connectivity index (χ3n) is 2.69. The number of benzene rings is 1. The first-order valence-electron chi connectivity index (χ1n) is 7.31. The van der Waals surface area contributed by atoms with E-state index < -0.39 is 12.6 Å². The van der Waals surface area contributed by atoms with Crippen LogP contribution in [0.3, 0.4) is 0 Å². The third kappa shape index (κ3) is 10.8. The van der Waals surface area contributed by atoms with Crippen molar-refractivity contribution in [2.24, 2.45) is 4.99 Å². The van der Waals surface area contributed by atoms with Crippen LogP contribution in [0.4, 0.5) is 13.2 Å². The standard InChI is InChI=1S/C15H21ClF3N3O.HI/c1-3-20-14(21-8-7-15(17,18)19)22-10-11(2)23-13-6-4-5-12(16)9-13;/h4-6,9,11H,3,7-8,10H2,1-2H3,(H2,20,21,22);1H. The molecule has 1 unspecified atom stereocenters. The lowest BCUT2D eigenvalue weighted by Gasteiger charge is -2.15. The Morgan fingerprint density at radius 1 is 1.33 bits per heavy atom. The van der Waals surface area contributed by atoms with Crippen LogP contribution in [0.1, 0.15) is 20.3 Å². The molecule has 24 heavy (non-hydrogen) atoms. The van der Waals surface area contributed by atoms with Crippen molar-refractivity contribution in [1.29, 1.82) is 0 Å². The number of guanidine groups is 1. The molecular formula is C15H22ClF3IN3O. The second-order valence-electron chi connectivity index (χ2n) is 4.90. The highest BCUT2D eigenvalue weighted by Crippen LogP contribution is 2.19. The smallest absolute Gasteiger partial charge is 0.390 e. The molecule has 0 saturated heterocycles. The molecule has 0 heterocycles. The van der Waals surface area contributed by atoms with Crippen LogP contribution >= 0.6 is 35.6 Å². The second kappa shape index (κ2) is 11.6. The molecular weight excluding hydrogens is 458 g/mol. The lowest BCUT2D eigenvalue weighted by Crippen LogP contribution is -2.39. The summed E-state index contributed by atoms with van der Waals surface area (Å²) < 4.78 is 42.1. The van der Waals surface area contributed by atoms with Gasteiger partial charge in [0.05, 0.1) is 13.0 Å². The van der Waals surface area contributed by atoms with Crippen LogP contribution in [0.25, 0.3) is 0 Å². The molecule has 2 N–H and O–H groups in total. The Labute approximate surface area is 162 Å². The monoisotopic (exact) mass is 479 g/mol. The molecule has 1 aromatic carbocycles. The molecule has 0 bridgehead atoms. The fourth-order valence-electron chi connectivity index (χ4n) is 1.69. The Hall–Kier alpha value is -0.900. The van der Waals surface area contributed by atoms with E-state index in [0.29, 0.717) is 29.8 Å². The van der Waals surface area contributed by atoms with Gasteiger partial charge in [-0.05, 0) is 32.0 Å². The van der Waals surface area contributed by atoms with Gasteiger partial charge in [0.15, 0.2) is 5.96 Å². The minimum Gasteiger partial charge on any atom is -0.489 e. The summed E-state index contributed by atoms with van der Waals surface area (Å²) >= 11 is 5.87. The van der Waals surface area contributed by atoms with Crippen molar-refractivity contribution in [1.82, 2.24) is 10.6 Å². The van der Waals surface area contributed by atoms with Crippen molar-refractivity contribution in [3.05, 3.63) is 29.3 Å². The molecule has 0 aliphatic carbocycles. The van der Waals surface area contributed by atoms with E-state index in [1.165, 1.54) is 0 Å². The Morgan fingerprint density at radius 2 is 2.04 bits per heavy atom. The number of nitrogens with zero attached hydrogens (tertiary/aromatic N) is 1. The minimum absolute atomic E-state index is 0. The van der Waals surface area contributed by atoms with Crippen molar-refractivity contribution < 1.29 is 17.9 Å². The van der Waals surface area contributed by atoms with Gasteiger partial charge in [0, 0.05) is 18.1 Å². The quantitative estimate of drug-likeness (QED) is 0.349. The lowest BCUT2D eigenvalue weighted by atomic mass is 10.3. The van der Waals surface area contributed by atoms with Crippen molar-refractivity contribution in [2.45, 2.75) is 32.5 Å². The van der Waals surface area contributed by atoms with Gasteiger partial charge in [-0.3, -0.25) is 0 Å². The van der Waals surface area contributed by atoms with Crippen LogP contribution in [0.5, 0.6) is 5.75 Å². The highest BCUT2D eigenvalue weighted by Gasteiger charge is 2.26. The van der Waals surface area contributed by atoms with E-state index in [1.54, 1.807) is 24.3 Å². The van der Waals surface area contributed by atoms with Crippen LogP contribution in [-0.4, -0.2) is 37.9 Å². The summed E-state index contributed by atoms with van der Waals surface area (Å²) in [7, 11) is 0. The maximum atomic E-state index is 12.1. The highest BCUT2D eigenvalue weighted by atomic mass is 127. The molecule has 0 saturated carbocycles. The molecule has 1 rings (SSSR count). The summed E-state index contributed by atoms with van der Waals surface area (Å²) in [4.78, 5) is 4.22. The fourth-order valence-corrected chi connectivity index (χ4v) is 1.87. The normalized spacial score (nSPS) is 13.0. The number of hydrogen-bond acceptors (Lipinski definition) is 2. The van der Waals surface area contributed by atoms with Gasteiger partial charge in [-0.1, -0.05) is 17.7 Å². The first-order valence-corrected chi connectivity index (χ1v) is 7.69. The summed E-state index contributed by atoms with van der Waals surface area (Å²) in [6, 6.07) is 6.98. The van der Waals surface area contributed by atoms with Crippen molar-refractivity contribution >= 4 is 41.5 Å². The van der Waals surface area contributed by atoms with Crippen LogP contribution in [-0.2, 0) is 0 Å². The van der Waals surface area contributed by atoms with Gasteiger partial charge in [-0.25, -0.2) is 4.99 Å². The van der Waals surface area contributed by atoms with Gasteiger partial charge < -0.3 is 15.4 Å². The van der Waals surface area contributed by atoms with Crippen LogP contribution in [0, 0.1) is 0 Å². The minimum atomic E-state index is -4.19. The maximum Gasteiger partial charge on any atom is 0.390 e. The van der Waals surface area contributed by atoms with Crippen LogP contribution in [0.2, 0.25) is 5.02 Å². The number of ether oxygens (including phenoxy) is 1.